The Bertz CT molecular complexity index is 1110. The lowest BCUT2D eigenvalue weighted by Crippen LogP contribution is -2.31. The number of amides is 1. The second-order valence-corrected chi connectivity index (χ2v) is 8.68. The van der Waals surface area contributed by atoms with Gasteiger partial charge in [0.1, 0.15) is 11.6 Å². The number of rotatable bonds is 5. The third kappa shape index (κ3) is 3.63. The molecule has 8 heteroatoms. The van der Waals surface area contributed by atoms with E-state index in [1.165, 1.54) is 0 Å². The molecule has 1 aliphatic rings. The normalized spacial score (nSPS) is 15.6. The topological polar surface area (TPSA) is 90.3 Å². The molecular formula is C20H19N3O4S. The van der Waals surface area contributed by atoms with Crippen LogP contribution in [0.4, 0.5) is 5.82 Å². The maximum Gasteiger partial charge on any atom is 0.266 e. The first kappa shape index (κ1) is 18.2. The van der Waals surface area contributed by atoms with Gasteiger partial charge in [-0.1, -0.05) is 36.4 Å². The Hall–Kier alpha value is -3.13. The fourth-order valence-electron chi connectivity index (χ4n) is 3.10. The first-order valence-corrected chi connectivity index (χ1v) is 10.6. The van der Waals surface area contributed by atoms with E-state index in [1.807, 2.05) is 48.5 Å². The summed E-state index contributed by atoms with van der Waals surface area (Å²) in [5.41, 5.74) is 1.74. The summed E-state index contributed by atoms with van der Waals surface area (Å²) < 4.78 is 31.3. The van der Waals surface area contributed by atoms with Crippen LogP contribution in [0.5, 0.6) is 5.75 Å². The average Bonchev–Trinajstić information content (AvgIpc) is 3.15. The van der Waals surface area contributed by atoms with Gasteiger partial charge in [-0.05, 0) is 31.2 Å². The Morgan fingerprint density at radius 1 is 1.07 bits per heavy atom. The van der Waals surface area contributed by atoms with E-state index < -0.39 is 15.9 Å². The van der Waals surface area contributed by atoms with Crippen molar-refractivity contribution in [3.05, 3.63) is 71.9 Å². The van der Waals surface area contributed by atoms with Gasteiger partial charge in [0.15, 0.2) is 15.9 Å². The third-order valence-corrected chi connectivity index (χ3v) is 5.90. The lowest BCUT2D eigenvalue weighted by molar-refractivity contribution is -0.122. The minimum atomic E-state index is -3.25. The van der Waals surface area contributed by atoms with Crippen LogP contribution in [0.15, 0.2) is 60.7 Å². The van der Waals surface area contributed by atoms with E-state index in [2.05, 4.69) is 10.4 Å². The smallest absolute Gasteiger partial charge is 0.266 e. The fraction of sp³-hybridized carbons (Fsp3) is 0.200. The Morgan fingerprint density at radius 2 is 1.71 bits per heavy atom. The zero-order chi connectivity index (χ0) is 19.7. The highest BCUT2D eigenvalue weighted by molar-refractivity contribution is 7.90. The van der Waals surface area contributed by atoms with Gasteiger partial charge in [-0.25, -0.2) is 13.1 Å². The SMILES string of the molecule is C[C@H](Oc1ccccc1)C(=O)Nc1c2c(nn1-c1ccccc1)CS(=O)(=O)C2. The predicted molar refractivity (Wildman–Crippen MR) is 105 cm³/mol. The largest absolute Gasteiger partial charge is 0.481 e. The Kier molecular flexibility index (Phi) is 4.64. The molecule has 3 aromatic rings. The van der Waals surface area contributed by atoms with Crippen molar-refractivity contribution in [3.63, 3.8) is 0 Å². The molecule has 0 saturated heterocycles. The van der Waals surface area contributed by atoms with Crippen molar-refractivity contribution in [2.75, 3.05) is 5.32 Å². The summed E-state index contributed by atoms with van der Waals surface area (Å²) in [4.78, 5) is 12.7. The van der Waals surface area contributed by atoms with Crippen molar-refractivity contribution in [1.82, 2.24) is 9.78 Å². The van der Waals surface area contributed by atoms with E-state index in [0.717, 1.165) is 5.69 Å². The fourth-order valence-corrected chi connectivity index (χ4v) is 4.60. The van der Waals surface area contributed by atoms with Crippen LogP contribution in [-0.2, 0) is 26.1 Å². The number of hydrogen-bond donors (Lipinski definition) is 1. The summed E-state index contributed by atoms with van der Waals surface area (Å²) >= 11 is 0. The molecule has 0 radical (unpaired) electrons. The molecule has 0 fully saturated rings. The van der Waals surface area contributed by atoms with E-state index in [-0.39, 0.29) is 17.4 Å². The van der Waals surface area contributed by atoms with Crippen molar-refractivity contribution in [2.24, 2.45) is 0 Å². The lowest BCUT2D eigenvalue weighted by atomic mass is 10.2. The van der Waals surface area contributed by atoms with Crippen molar-refractivity contribution >= 4 is 21.6 Å². The molecule has 1 aliphatic heterocycles. The quantitative estimate of drug-likeness (QED) is 0.715. The van der Waals surface area contributed by atoms with Gasteiger partial charge in [0.2, 0.25) is 0 Å². The van der Waals surface area contributed by atoms with Crippen molar-refractivity contribution in [1.29, 1.82) is 0 Å². The minimum Gasteiger partial charge on any atom is -0.481 e. The van der Waals surface area contributed by atoms with Gasteiger partial charge < -0.3 is 10.1 Å². The maximum atomic E-state index is 12.7. The predicted octanol–water partition coefficient (Wildman–Crippen LogP) is 2.71. The van der Waals surface area contributed by atoms with Crippen molar-refractivity contribution in [2.45, 2.75) is 24.5 Å². The number of nitrogens with zero attached hydrogens (tertiary/aromatic N) is 2. The van der Waals surface area contributed by atoms with Crippen LogP contribution < -0.4 is 10.1 Å². The van der Waals surface area contributed by atoms with Gasteiger partial charge in [-0.15, -0.1) is 0 Å². The summed E-state index contributed by atoms with van der Waals surface area (Å²) in [5, 5.41) is 7.25. The standard InChI is InChI=1S/C20H19N3O4S/c1-14(27-16-10-6-3-7-11-16)20(24)21-19-17-12-28(25,26)13-18(17)22-23(19)15-8-4-2-5-9-15/h2-11,14H,12-13H2,1H3,(H,21,24)/t14-/m0/s1. The third-order valence-electron chi connectivity index (χ3n) is 4.46. The molecule has 7 nitrogen and oxygen atoms in total. The van der Waals surface area contributed by atoms with E-state index >= 15 is 0 Å². The van der Waals surface area contributed by atoms with Crippen LogP contribution >= 0.6 is 0 Å². The van der Waals surface area contributed by atoms with E-state index in [9.17, 15) is 13.2 Å². The number of carbonyl (C=O) groups is 1. The molecule has 1 amide bonds. The minimum absolute atomic E-state index is 0.124. The number of anilines is 1. The first-order chi connectivity index (χ1) is 13.4. The van der Waals surface area contributed by atoms with Crippen LogP contribution in [-0.4, -0.2) is 30.2 Å². The van der Waals surface area contributed by atoms with Crippen molar-refractivity contribution in [3.8, 4) is 11.4 Å². The molecule has 1 atom stereocenters. The Balaban J connectivity index is 1.64. The number of carbonyl (C=O) groups excluding carboxylic acids is 1. The number of hydrogen-bond acceptors (Lipinski definition) is 5. The van der Waals surface area contributed by atoms with Gasteiger partial charge in [-0.2, -0.15) is 5.10 Å². The number of benzene rings is 2. The van der Waals surface area contributed by atoms with Gasteiger partial charge >= 0.3 is 0 Å². The van der Waals surface area contributed by atoms with Crippen molar-refractivity contribution < 1.29 is 17.9 Å². The van der Waals surface area contributed by atoms with E-state index in [4.69, 9.17) is 4.74 Å². The highest BCUT2D eigenvalue weighted by Crippen LogP contribution is 2.33. The zero-order valence-corrected chi connectivity index (χ0v) is 16.0. The van der Waals surface area contributed by atoms with Crippen LogP contribution in [0.3, 0.4) is 0 Å². The molecule has 0 spiro atoms. The summed E-state index contributed by atoms with van der Waals surface area (Å²) in [7, 11) is -3.25. The summed E-state index contributed by atoms with van der Waals surface area (Å²) in [5.74, 6) is 0.304. The molecule has 1 N–H and O–H groups in total. The number of nitrogens with one attached hydrogen (secondary N) is 1. The molecule has 0 aliphatic carbocycles. The van der Waals surface area contributed by atoms with Gasteiger partial charge in [-0.3, -0.25) is 4.79 Å². The van der Waals surface area contributed by atoms with Gasteiger partial charge in [0.25, 0.3) is 5.91 Å². The van der Waals surface area contributed by atoms with Crippen LogP contribution in [0, 0.1) is 0 Å². The molecule has 0 saturated carbocycles. The van der Waals surface area contributed by atoms with Crippen LogP contribution in [0.25, 0.3) is 5.69 Å². The van der Waals surface area contributed by atoms with Gasteiger partial charge in [0.05, 0.1) is 22.9 Å². The maximum absolute atomic E-state index is 12.7. The highest BCUT2D eigenvalue weighted by atomic mass is 32.2. The summed E-state index contributed by atoms with van der Waals surface area (Å²) in [6, 6.07) is 18.3. The molecular weight excluding hydrogens is 378 g/mol. The number of para-hydroxylation sites is 2. The first-order valence-electron chi connectivity index (χ1n) is 8.82. The summed E-state index contributed by atoms with van der Waals surface area (Å²) in [6.45, 7) is 1.64. The number of ether oxygens (including phenoxy) is 1. The average molecular weight is 397 g/mol. The van der Waals surface area contributed by atoms with Crippen LogP contribution in [0.1, 0.15) is 18.2 Å². The van der Waals surface area contributed by atoms with Crippen LogP contribution in [0.2, 0.25) is 0 Å². The van der Waals surface area contributed by atoms with E-state index in [0.29, 0.717) is 22.8 Å². The lowest BCUT2D eigenvalue weighted by Gasteiger charge is -2.16. The zero-order valence-electron chi connectivity index (χ0n) is 15.2. The number of aromatic nitrogens is 2. The molecule has 0 bridgehead atoms. The second-order valence-electron chi connectivity index (χ2n) is 6.62. The number of sulfone groups is 1. The number of fused-ring (bicyclic) bond motifs is 1. The molecule has 2 heterocycles. The van der Waals surface area contributed by atoms with E-state index in [1.54, 1.807) is 23.7 Å². The highest BCUT2D eigenvalue weighted by Gasteiger charge is 2.33. The molecule has 28 heavy (non-hydrogen) atoms. The molecule has 144 valence electrons. The summed E-state index contributed by atoms with van der Waals surface area (Å²) in [6.07, 6.45) is -0.768. The monoisotopic (exact) mass is 397 g/mol. The molecule has 1 aromatic heterocycles. The molecule has 2 aromatic carbocycles. The molecule has 4 rings (SSSR count). The molecule has 0 unspecified atom stereocenters. The second kappa shape index (κ2) is 7.12. The Morgan fingerprint density at radius 3 is 2.39 bits per heavy atom. The Labute approximate surface area is 162 Å². The van der Waals surface area contributed by atoms with Gasteiger partial charge in [0, 0.05) is 5.56 Å².